The van der Waals surface area contributed by atoms with Crippen molar-refractivity contribution < 1.29 is 27.9 Å². The number of hydrogen-bond donors (Lipinski definition) is 1. The lowest BCUT2D eigenvalue weighted by Gasteiger charge is -2.23. The highest BCUT2D eigenvalue weighted by atomic mass is 19.4. The van der Waals surface area contributed by atoms with E-state index in [1.54, 1.807) is 33.9 Å². The average Bonchev–Trinajstić information content (AvgIpc) is 3.54. The van der Waals surface area contributed by atoms with Crippen LogP contribution < -0.4 is 0 Å². The first kappa shape index (κ1) is 21.9. The van der Waals surface area contributed by atoms with Crippen LogP contribution in [0.3, 0.4) is 0 Å². The molecule has 0 aliphatic heterocycles. The molecular formula is C24H23F3N2O3. The van der Waals surface area contributed by atoms with E-state index in [9.17, 15) is 27.9 Å². The van der Waals surface area contributed by atoms with Crippen molar-refractivity contribution in [3.8, 4) is 11.1 Å². The Hall–Kier alpha value is -3.29. The molecule has 2 aromatic carbocycles. The molecule has 0 radical (unpaired) electrons. The van der Waals surface area contributed by atoms with E-state index >= 15 is 0 Å². The maximum absolute atomic E-state index is 13.5. The first-order chi connectivity index (χ1) is 15.2. The Labute approximate surface area is 183 Å². The molecule has 0 spiro atoms. The zero-order valence-corrected chi connectivity index (χ0v) is 17.5. The zero-order chi connectivity index (χ0) is 23.0. The number of para-hydroxylation sites is 1. The Morgan fingerprint density at radius 1 is 1.12 bits per heavy atom. The van der Waals surface area contributed by atoms with Crippen LogP contribution in [0.2, 0.25) is 0 Å². The number of aliphatic carboxylic acids is 1. The molecule has 1 aliphatic carbocycles. The van der Waals surface area contributed by atoms with Crippen LogP contribution in [0.4, 0.5) is 13.2 Å². The maximum atomic E-state index is 13.5. The van der Waals surface area contributed by atoms with Gasteiger partial charge in [0.25, 0.3) is 0 Å². The summed E-state index contributed by atoms with van der Waals surface area (Å²) in [5, 5.41) is 10.0. The van der Waals surface area contributed by atoms with Gasteiger partial charge in [0.15, 0.2) is 0 Å². The molecule has 32 heavy (non-hydrogen) atoms. The summed E-state index contributed by atoms with van der Waals surface area (Å²) >= 11 is 0. The van der Waals surface area contributed by atoms with E-state index in [1.807, 2.05) is 13.0 Å². The highest BCUT2D eigenvalue weighted by Gasteiger charge is 2.34. The van der Waals surface area contributed by atoms with Crippen molar-refractivity contribution in [1.82, 2.24) is 9.47 Å². The molecule has 1 N–H and O–H groups in total. The van der Waals surface area contributed by atoms with Gasteiger partial charge in [-0.3, -0.25) is 9.59 Å². The van der Waals surface area contributed by atoms with E-state index in [-0.39, 0.29) is 24.9 Å². The molecule has 0 saturated heterocycles. The van der Waals surface area contributed by atoms with E-state index in [0.29, 0.717) is 28.8 Å². The van der Waals surface area contributed by atoms with Gasteiger partial charge in [0.1, 0.15) is 6.54 Å². The Morgan fingerprint density at radius 3 is 2.47 bits per heavy atom. The van der Waals surface area contributed by atoms with E-state index in [0.717, 1.165) is 30.4 Å². The van der Waals surface area contributed by atoms with Crippen molar-refractivity contribution in [2.45, 2.75) is 39.0 Å². The largest absolute Gasteiger partial charge is 0.480 e. The fraction of sp³-hybridized carbons (Fsp3) is 0.333. The number of alkyl halides is 3. The minimum atomic E-state index is -4.51. The van der Waals surface area contributed by atoms with Crippen LogP contribution in [-0.4, -0.2) is 33.0 Å². The van der Waals surface area contributed by atoms with E-state index in [2.05, 4.69) is 0 Å². The lowest BCUT2D eigenvalue weighted by molar-refractivity contribution is -0.138. The van der Waals surface area contributed by atoms with E-state index in [4.69, 9.17) is 0 Å². The third-order valence-corrected chi connectivity index (χ3v) is 5.80. The number of aromatic nitrogens is 1. The number of carbonyl (C=O) groups is 2. The zero-order valence-electron chi connectivity index (χ0n) is 17.5. The number of halogens is 3. The number of fused-ring (bicyclic) bond motifs is 1. The fourth-order valence-electron chi connectivity index (χ4n) is 4.04. The fourth-order valence-corrected chi connectivity index (χ4v) is 4.04. The molecule has 1 heterocycles. The normalized spacial score (nSPS) is 14.0. The molecule has 5 nitrogen and oxygen atoms in total. The minimum absolute atomic E-state index is 0.0378. The molecule has 168 valence electrons. The SMILES string of the molecule is CCN(Cc1cc(C(F)(F)F)ccc1-c1cn(CC(=O)O)c2ccccc12)C(=O)C1CC1. The predicted molar refractivity (Wildman–Crippen MR) is 114 cm³/mol. The van der Waals surface area contributed by atoms with E-state index < -0.39 is 17.7 Å². The van der Waals surface area contributed by atoms with Crippen LogP contribution in [0, 0.1) is 5.92 Å². The maximum Gasteiger partial charge on any atom is 0.416 e. The number of carboxylic acid groups (broad SMARTS) is 1. The van der Waals surface area contributed by atoms with Gasteiger partial charge in [0, 0.05) is 41.7 Å². The van der Waals surface area contributed by atoms with Crippen LogP contribution in [0.25, 0.3) is 22.0 Å². The lowest BCUT2D eigenvalue weighted by Crippen LogP contribution is -2.31. The Bertz CT molecular complexity index is 1180. The lowest BCUT2D eigenvalue weighted by atomic mass is 9.96. The number of benzene rings is 2. The molecule has 0 bridgehead atoms. The van der Waals surface area contributed by atoms with Crippen LogP contribution >= 0.6 is 0 Å². The van der Waals surface area contributed by atoms with Gasteiger partial charge in [-0.25, -0.2) is 0 Å². The molecule has 3 aromatic rings. The summed E-state index contributed by atoms with van der Waals surface area (Å²) in [4.78, 5) is 25.6. The number of nitrogens with zero attached hydrogens (tertiary/aromatic N) is 2. The van der Waals surface area contributed by atoms with Gasteiger partial charge in [0.2, 0.25) is 5.91 Å². The second-order valence-electron chi connectivity index (χ2n) is 8.08. The van der Waals surface area contributed by atoms with Crippen molar-refractivity contribution in [3.63, 3.8) is 0 Å². The van der Waals surface area contributed by atoms with Crippen molar-refractivity contribution in [3.05, 3.63) is 59.8 Å². The molecule has 1 saturated carbocycles. The van der Waals surface area contributed by atoms with Crippen LogP contribution in [0.15, 0.2) is 48.7 Å². The van der Waals surface area contributed by atoms with Crippen molar-refractivity contribution in [1.29, 1.82) is 0 Å². The summed E-state index contributed by atoms with van der Waals surface area (Å²) in [5.41, 5.74) is 1.48. The van der Waals surface area contributed by atoms with Gasteiger partial charge in [-0.05, 0) is 49.1 Å². The quantitative estimate of drug-likeness (QED) is 0.547. The first-order valence-electron chi connectivity index (χ1n) is 10.5. The van der Waals surface area contributed by atoms with Crippen LogP contribution in [0.1, 0.15) is 30.9 Å². The minimum Gasteiger partial charge on any atom is -0.480 e. The number of carbonyl (C=O) groups excluding carboxylic acids is 1. The summed E-state index contributed by atoms with van der Waals surface area (Å²) in [6.07, 6.45) is -1.23. The number of hydrogen-bond acceptors (Lipinski definition) is 2. The standard InChI is InChI=1S/C24H23F3N2O3/c1-2-28(23(32)15-7-8-15)12-16-11-17(24(25,26)27)9-10-18(16)20-13-29(14-22(30)31)21-6-4-3-5-19(20)21/h3-6,9-11,13,15H,2,7-8,12,14H2,1H3,(H,30,31). The predicted octanol–water partition coefficient (Wildman–Crippen LogP) is 5.17. The molecule has 8 heteroatoms. The second kappa shape index (κ2) is 8.33. The second-order valence-corrected chi connectivity index (χ2v) is 8.08. The number of rotatable bonds is 7. The molecular weight excluding hydrogens is 421 g/mol. The highest BCUT2D eigenvalue weighted by Crippen LogP contribution is 2.38. The molecule has 1 fully saturated rings. The Kier molecular flexibility index (Phi) is 5.71. The van der Waals surface area contributed by atoms with Gasteiger partial charge < -0.3 is 14.6 Å². The summed E-state index contributed by atoms with van der Waals surface area (Å²) in [7, 11) is 0. The first-order valence-corrected chi connectivity index (χ1v) is 10.5. The summed E-state index contributed by atoms with van der Waals surface area (Å²) < 4.78 is 42.0. The molecule has 1 amide bonds. The van der Waals surface area contributed by atoms with Crippen LogP contribution in [-0.2, 0) is 28.9 Å². The summed E-state index contributed by atoms with van der Waals surface area (Å²) in [6, 6.07) is 10.7. The third kappa shape index (κ3) is 4.35. The smallest absolute Gasteiger partial charge is 0.416 e. The van der Waals surface area contributed by atoms with Crippen molar-refractivity contribution in [2.24, 2.45) is 5.92 Å². The van der Waals surface area contributed by atoms with Gasteiger partial charge >= 0.3 is 12.1 Å². The Balaban J connectivity index is 1.85. The van der Waals surface area contributed by atoms with Crippen molar-refractivity contribution in [2.75, 3.05) is 6.54 Å². The monoisotopic (exact) mass is 444 g/mol. The average molecular weight is 444 g/mol. The molecule has 1 aromatic heterocycles. The molecule has 4 rings (SSSR count). The summed E-state index contributed by atoms with van der Waals surface area (Å²) in [5.74, 6) is -1.09. The third-order valence-electron chi connectivity index (χ3n) is 5.80. The van der Waals surface area contributed by atoms with Crippen LogP contribution in [0.5, 0.6) is 0 Å². The van der Waals surface area contributed by atoms with Gasteiger partial charge in [0.05, 0.1) is 5.56 Å². The van der Waals surface area contributed by atoms with E-state index in [1.165, 1.54) is 6.07 Å². The summed E-state index contributed by atoms with van der Waals surface area (Å²) in [6.45, 7) is 2.00. The topological polar surface area (TPSA) is 62.5 Å². The van der Waals surface area contributed by atoms with Gasteiger partial charge in [-0.2, -0.15) is 13.2 Å². The molecule has 0 atom stereocenters. The molecule has 1 aliphatic rings. The number of carboxylic acids is 1. The number of amides is 1. The highest BCUT2D eigenvalue weighted by molar-refractivity contribution is 5.97. The van der Waals surface area contributed by atoms with Gasteiger partial charge in [-0.15, -0.1) is 0 Å². The van der Waals surface area contributed by atoms with Crippen molar-refractivity contribution >= 4 is 22.8 Å². The molecule has 0 unspecified atom stereocenters. The van der Waals surface area contributed by atoms with Gasteiger partial charge in [-0.1, -0.05) is 24.3 Å². The Morgan fingerprint density at radius 2 is 1.84 bits per heavy atom.